The van der Waals surface area contributed by atoms with Crippen LogP contribution in [0, 0.1) is 13.8 Å². The number of ketones is 1. The van der Waals surface area contributed by atoms with Crippen molar-refractivity contribution in [1.82, 2.24) is 4.90 Å². The molecule has 0 spiro atoms. The molecule has 1 N–H and O–H groups in total. The van der Waals surface area contributed by atoms with Crippen LogP contribution in [0.15, 0.2) is 30.3 Å². The number of carbonyl (C=O) groups excluding carboxylic acids is 4. The van der Waals surface area contributed by atoms with Gasteiger partial charge in [-0.05, 0) is 37.6 Å². The largest absolute Gasteiger partial charge is 0.326 e. The zero-order valence-electron chi connectivity index (χ0n) is 15.6. The topological polar surface area (TPSA) is 83.6 Å². The monoisotopic (exact) mass is 416 g/mol. The summed E-state index contributed by atoms with van der Waals surface area (Å²) in [7, 11) is 0. The Morgan fingerprint density at radius 1 is 1.11 bits per heavy atom. The molecule has 28 heavy (non-hydrogen) atoms. The molecule has 1 saturated heterocycles. The van der Waals surface area contributed by atoms with Crippen molar-refractivity contribution < 1.29 is 19.2 Å². The van der Waals surface area contributed by atoms with Crippen molar-refractivity contribution in [3.63, 3.8) is 0 Å². The van der Waals surface area contributed by atoms with E-state index in [1.807, 2.05) is 19.9 Å². The van der Waals surface area contributed by atoms with Gasteiger partial charge in [0.05, 0.1) is 12.3 Å². The third kappa shape index (κ3) is 4.88. The number of aryl methyl sites for hydroxylation is 2. The van der Waals surface area contributed by atoms with Gasteiger partial charge in [-0.15, -0.1) is 11.3 Å². The molecule has 1 aromatic carbocycles. The number of benzene rings is 1. The highest BCUT2D eigenvalue weighted by Gasteiger charge is 2.29. The summed E-state index contributed by atoms with van der Waals surface area (Å²) in [6.07, 6.45) is 0.278. The molecule has 1 aliphatic heterocycles. The number of thiophene rings is 1. The second-order valence-corrected chi connectivity index (χ2v) is 8.92. The predicted octanol–water partition coefficient (Wildman–Crippen LogP) is 4.16. The summed E-state index contributed by atoms with van der Waals surface area (Å²) >= 11 is 2.58. The van der Waals surface area contributed by atoms with Gasteiger partial charge in [0.2, 0.25) is 11.8 Å². The molecule has 0 aliphatic carbocycles. The van der Waals surface area contributed by atoms with Crippen LogP contribution in [0.4, 0.5) is 10.5 Å². The van der Waals surface area contributed by atoms with Gasteiger partial charge >= 0.3 is 0 Å². The molecule has 0 radical (unpaired) electrons. The summed E-state index contributed by atoms with van der Waals surface area (Å²) in [5.74, 6) is -0.249. The molecule has 3 rings (SSSR count). The van der Waals surface area contributed by atoms with Gasteiger partial charge in [-0.2, -0.15) is 0 Å². The Hall–Kier alpha value is -2.45. The molecule has 1 aromatic heterocycles. The van der Waals surface area contributed by atoms with Crippen molar-refractivity contribution in [3.8, 4) is 0 Å². The van der Waals surface area contributed by atoms with E-state index < -0.39 is 0 Å². The number of Topliss-reactive ketones (excluding diaryl/α,β-unsaturated/α-hetero) is 1. The molecule has 2 aromatic rings. The van der Waals surface area contributed by atoms with Crippen molar-refractivity contribution in [1.29, 1.82) is 0 Å². The quantitative estimate of drug-likeness (QED) is 0.685. The average molecular weight is 417 g/mol. The first-order chi connectivity index (χ1) is 13.3. The van der Waals surface area contributed by atoms with Gasteiger partial charge in [-0.25, -0.2) is 0 Å². The zero-order chi connectivity index (χ0) is 20.3. The molecule has 2 heterocycles. The summed E-state index contributed by atoms with van der Waals surface area (Å²) in [6, 6.07) is 8.84. The summed E-state index contributed by atoms with van der Waals surface area (Å²) in [4.78, 5) is 51.0. The maximum atomic E-state index is 12.3. The van der Waals surface area contributed by atoms with Gasteiger partial charge in [0.15, 0.2) is 5.78 Å². The Morgan fingerprint density at radius 2 is 1.82 bits per heavy atom. The lowest BCUT2D eigenvalue weighted by Crippen LogP contribution is -2.27. The summed E-state index contributed by atoms with van der Waals surface area (Å²) in [5, 5.41) is 2.53. The van der Waals surface area contributed by atoms with Crippen molar-refractivity contribution >= 4 is 51.6 Å². The number of anilines is 1. The molecule has 146 valence electrons. The Kier molecular flexibility index (Phi) is 6.31. The second-order valence-electron chi connectivity index (χ2n) is 6.53. The fourth-order valence-corrected chi connectivity index (χ4v) is 4.57. The summed E-state index contributed by atoms with van der Waals surface area (Å²) in [5.41, 5.74) is 2.11. The number of imide groups is 1. The van der Waals surface area contributed by atoms with E-state index in [9.17, 15) is 19.2 Å². The first-order valence-electron chi connectivity index (χ1n) is 8.79. The highest BCUT2D eigenvalue weighted by Crippen LogP contribution is 2.23. The molecule has 3 amide bonds. The maximum Gasteiger partial charge on any atom is 0.289 e. The van der Waals surface area contributed by atoms with Crippen LogP contribution in [0.25, 0.3) is 0 Å². The maximum absolute atomic E-state index is 12.3. The molecule has 0 saturated carbocycles. The van der Waals surface area contributed by atoms with Crippen LogP contribution >= 0.6 is 23.1 Å². The number of thioether (sulfide) groups is 1. The number of carbonyl (C=O) groups is 4. The van der Waals surface area contributed by atoms with E-state index in [1.54, 1.807) is 35.6 Å². The fraction of sp³-hybridized carbons (Fsp3) is 0.300. The molecular formula is C20H20N2O4S2. The third-order valence-electron chi connectivity index (χ3n) is 4.34. The Labute approximate surface area is 171 Å². The second kappa shape index (κ2) is 8.70. The van der Waals surface area contributed by atoms with E-state index >= 15 is 0 Å². The smallest absolute Gasteiger partial charge is 0.289 e. The van der Waals surface area contributed by atoms with Crippen LogP contribution in [0.1, 0.15) is 38.5 Å². The summed E-state index contributed by atoms with van der Waals surface area (Å²) in [6.45, 7) is 4.10. The lowest BCUT2D eigenvalue weighted by molar-refractivity contribution is -0.125. The molecule has 0 atom stereocenters. The lowest BCUT2D eigenvalue weighted by Gasteiger charge is -2.13. The predicted molar refractivity (Wildman–Crippen MR) is 111 cm³/mol. The molecule has 0 unspecified atom stereocenters. The van der Waals surface area contributed by atoms with Gasteiger partial charge in [0, 0.05) is 33.8 Å². The molecular weight excluding hydrogens is 396 g/mol. The van der Waals surface area contributed by atoms with E-state index in [-0.39, 0.29) is 48.0 Å². The van der Waals surface area contributed by atoms with E-state index in [4.69, 9.17) is 0 Å². The Balaban J connectivity index is 1.50. The lowest BCUT2D eigenvalue weighted by atomic mass is 10.1. The van der Waals surface area contributed by atoms with Crippen molar-refractivity contribution in [2.45, 2.75) is 33.2 Å². The highest BCUT2D eigenvalue weighted by molar-refractivity contribution is 8.14. The SMILES string of the molecule is Cc1cc(C(=O)CCC(=O)Nc2ccc(CN3C(=O)CSC3=O)cc2)c(C)s1. The van der Waals surface area contributed by atoms with Crippen LogP contribution in [-0.2, 0) is 16.1 Å². The molecule has 8 heteroatoms. The molecule has 1 aliphatic rings. The standard InChI is InChI=1S/C20H20N2O4S2/c1-12-9-16(13(2)28-12)17(23)7-8-18(24)21-15-5-3-14(4-6-15)10-22-19(25)11-27-20(22)26/h3-6,9H,7-8,10-11H2,1-2H3,(H,21,24). The van der Waals surface area contributed by atoms with Gasteiger partial charge in [0.1, 0.15) is 0 Å². The van der Waals surface area contributed by atoms with Gasteiger partial charge in [0.25, 0.3) is 5.24 Å². The van der Waals surface area contributed by atoms with Crippen molar-refractivity contribution in [3.05, 3.63) is 51.2 Å². The van der Waals surface area contributed by atoms with Gasteiger partial charge < -0.3 is 5.32 Å². The number of hydrogen-bond acceptors (Lipinski definition) is 6. The number of nitrogens with zero attached hydrogens (tertiary/aromatic N) is 1. The average Bonchev–Trinajstić information content (AvgIpc) is 3.16. The first kappa shape index (κ1) is 20.3. The minimum absolute atomic E-state index is 0.0230. The number of amides is 3. The number of hydrogen-bond donors (Lipinski definition) is 1. The molecule has 0 bridgehead atoms. The van der Waals surface area contributed by atoms with Crippen LogP contribution in [-0.4, -0.2) is 33.5 Å². The number of nitrogens with one attached hydrogen (secondary N) is 1. The van der Waals surface area contributed by atoms with E-state index in [2.05, 4.69) is 5.32 Å². The molecule has 6 nitrogen and oxygen atoms in total. The Morgan fingerprint density at radius 3 is 2.39 bits per heavy atom. The minimum atomic E-state index is -0.233. The summed E-state index contributed by atoms with van der Waals surface area (Å²) < 4.78 is 0. The van der Waals surface area contributed by atoms with Crippen LogP contribution in [0.5, 0.6) is 0 Å². The fourth-order valence-electron chi connectivity index (χ4n) is 2.90. The van der Waals surface area contributed by atoms with Crippen LogP contribution < -0.4 is 5.32 Å². The Bertz CT molecular complexity index is 918. The van der Waals surface area contributed by atoms with Crippen molar-refractivity contribution in [2.75, 3.05) is 11.1 Å². The van der Waals surface area contributed by atoms with E-state index in [0.717, 1.165) is 27.1 Å². The van der Waals surface area contributed by atoms with Gasteiger partial charge in [-0.3, -0.25) is 24.1 Å². The number of rotatable bonds is 7. The first-order valence-corrected chi connectivity index (χ1v) is 10.6. The molecule has 1 fully saturated rings. The minimum Gasteiger partial charge on any atom is -0.326 e. The van der Waals surface area contributed by atoms with Gasteiger partial charge in [-0.1, -0.05) is 23.9 Å². The normalized spacial score (nSPS) is 13.9. The van der Waals surface area contributed by atoms with Crippen LogP contribution in [0.3, 0.4) is 0 Å². The van der Waals surface area contributed by atoms with Crippen LogP contribution in [0.2, 0.25) is 0 Å². The van der Waals surface area contributed by atoms with E-state index in [1.165, 1.54) is 4.90 Å². The van der Waals surface area contributed by atoms with E-state index in [0.29, 0.717) is 11.3 Å². The van der Waals surface area contributed by atoms with Crippen molar-refractivity contribution in [2.24, 2.45) is 0 Å². The highest BCUT2D eigenvalue weighted by atomic mass is 32.2. The third-order valence-corrected chi connectivity index (χ3v) is 6.16. The zero-order valence-corrected chi connectivity index (χ0v) is 17.2.